The Morgan fingerprint density at radius 1 is 1.52 bits per heavy atom. The zero-order valence-electron chi connectivity index (χ0n) is 13.6. The number of hydrogen-bond donors (Lipinski definition) is 2. The van der Waals surface area contributed by atoms with Crippen LogP contribution in [-0.2, 0) is 22.6 Å². The minimum atomic E-state index is -0.381. The summed E-state index contributed by atoms with van der Waals surface area (Å²) in [6.07, 6.45) is 3.38. The topological polar surface area (TPSA) is 61.4 Å². The van der Waals surface area contributed by atoms with Crippen molar-refractivity contribution in [2.45, 2.75) is 45.2 Å². The summed E-state index contributed by atoms with van der Waals surface area (Å²) in [5.74, 6) is 0.102. The number of nitrogens with one attached hydrogen (secondary N) is 2. The summed E-state index contributed by atoms with van der Waals surface area (Å²) < 4.78 is 0. The maximum Gasteiger partial charge on any atom is 0.245 e. The van der Waals surface area contributed by atoms with Gasteiger partial charge in [-0.25, -0.2) is 0 Å². The lowest BCUT2D eigenvalue weighted by Crippen LogP contribution is -2.51. The predicted molar refractivity (Wildman–Crippen MR) is 91.3 cm³/mol. The third-order valence-corrected chi connectivity index (χ3v) is 5.77. The van der Waals surface area contributed by atoms with E-state index in [9.17, 15) is 9.59 Å². The van der Waals surface area contributed by atoms with Gasteiger partial charge in [0.25, 0.3) is 0 Å². The second-order valence-corrected chi connectivity index (χ2v) is 7.42. The van der Waals surface area contributed by atoms with E-state index < -0.39 is 0 Å². The Morgan fingerprint density at radius 3 is 3.13 bits per heavy atom. The number of fused-ring (bicyclic) bond motifs is 1. The summed E-state index contributed by atoms with van der Waals surface area (Å²) in [5.41, 5.74) is 1.26. The van der Waals surface area contributed by atoms with Gasteiger partial charge < -0.3 is 15.5 Å². The lowest BCUT2D eigenvalue weighted by atomic mass is 10.0. The fourth-order valence-electron chi connectivity index (χ4n) is 3.37. The van der Waals surface area contributed by atoms with Crippen LogP contribution in [-0.4, -0.2) is 42.4 Å². The van der Waals surface area contributed by atoms with Crippen molar-refractivity contribution in [3.8, 4) is 0 Å². The molecular formula is C17H25N3O2S. The van der Waals surface area contributed by atoms with Crippen LogP contribution in [0.2, 0.25) is 0 Å². The van der Waals surface area contributed by atoms with Crippen LogP contribution >= 0.6 is 11.3 Å². The number of carbonyl (C=O) groups is 2. The molecule has 1 saturated heterocycles. The SMILES string of the molecule is CCCC(NC(=O)C1CCNC1)C(=O)N1CCc2sccc2C1. The Kier molecular flexibility index (Phi) is 5.33. The van der Waals surface area contributed by atoms with E-state index in [-0.39, 0.29) is 23.8 Å². The minimum Gasteiger partial charge on any atom is -0.344 e. The van der Waals surface area contributed by atoms with Crippen molar-refractivity contribution >= 4 is 23.2 Å². The van der Waals surface area contributed by atoms with E-state index in [1.165, 1.54) is 10.4 Å². The second-order valence-electron chi connectivity index (χ2n) is 6.42. The standard InChI is InChI=1S/C17H25N3O2S/c1-2-3-14(19-16(21)12-4-7-18-10-12)17(22)20-8-5-15-13(11-20)6-9-23-15/h6,9,12,14,18H,2-5,7-8,10-11H2,1H3,(H,19,21). The first-order valence-corrected chi connectivity index (χ1v) is 9.42. The first-order chi connectivity index (χ1) is 11.2. The Morgan fingerprint density at radius 2 is 2.39 bits per heavy atom. The van der Waals surface area contributed by atoms with Gasteiger partial charge in [-0.05, 0) is 42.8 Å². The van der Waals surface area contributed by atoms with E-state index in [0.29, 0.717) is 13.0 Å². The van der Waals surface area contributed by atoms with Crippen molar-refractivity contribution in [1.29, 1.82) is 0 Å². The summed E-state index contributed by atoms with van der Waals surface area (Å²) in [5, 5.41) is 8.31. The molecule has 126 valence electrons. The number of hydrogen-bond acceptors (Lipinski definition) is 4. The molecule has 0 spiro atoms. The van der Waals surface area contributed by atoms with Crippen LogP contribution in [0.25, 0.3) is 0 Å². The fraction of sp³-hybridized carbons (Fsp3) is 0.647. The Hall–Kier alpha value is -1.40. The Bertz CT molecular complexity index is 566. The lowest BCUT2D eigenvalue weighted by molar-refractivity contribution is -0.138. The molecule has 2 aliphatic rings. The van der Waals surface area contributed by atoms with E-state index in [0.717, 1.165) is 38.9 Å². The van der Waals surface area contributed by atoms with E-state index in [1.807, 2.05) is 4.90 Å². The van der Waals surface area contributed by atoms with Crippen LogP contribution in [0.5, 0.6) is 0 Å². The summed E-state index contributed by atoms with van der Waals surface area (Å²) in [6.45, 7) is 5.10. The molecule has 2 unspecified atom stereocenters. The molecule has 3 heterocycles. The molecule has 0 aliphatic carbocycles. The van der Waals surface area contributed by atoms with Crippen LogP contribution in [0, 0.1) is 5.92 Å². The highest BCUT2D eigenvalue weighted by Gasteiger charge is 2.31. The molecular weight excluding hydrogens is 310 g/mol. The quantitative estimate of drug-likeness (QED) is 0.858. The van der Waals surface area contributed by atoms with Gasteiger partial charge >= 0.3 is 0 Å². The number of rotatable bonds is 5. The Labute approximate surface area is 141 Å². The molecule has 0 aromatic carbocycles. The first-order valence-electron chi connectivity index (χ1n) is 8.54. The highest BCUT2D eigenvalue weighted by molar-refractivity contribution is 7.10. The van der Waals surface area contributed by atoms with Gasteiger partial charge in [0.15, 0.2) is 0 Å². The van der Waals surface area contributed by atoms with Gasteiger partial charge in [-0.2, -0.15) is 0 Å². The van der Waals surface area contributed by atoms with Crippen molar-refractivity contribution in [2.24, 2.45) is 5.92 Å². The van der Waals surface area contributed by atoms with Crippen LogP contribution in [0.3, 0.4) is 0 Å². The molecule has 0 bridgehead atoms. The largest absolute Gasteiger partial charge is 0.344 e. The third kappa shape index (κ3) is 3.75. The van der Waals surface area contributed by atoms with Crippen LogP contribution in [0.15, 0.2) is 11.4 Å². The molecule has 5 nitrogen and oxygen atoms in total. The second kappa shape index (κ2) is 7.45. The van der Waals surface area contributed by atoms with Gasteiger partial charge in [-0.1, -0.05) is 13.3 Å². The number of nitrogens with zero attached hydrogens (tertiary/aromatic N) is 1. The van der Waals surface area contributed by atoms with Crippen LogP contribution in [0.4, 0.5) is 0 Å². The molecule has 23 heavy (non-hydrogen) atoms. The number of thiophene rings is 1. The highest BCUT2D eigenvalue weighted by atomic mass is 32.1. The van der Waals surface area contributed by atoms with Crippen molar-refractivity contribution in [3.63, 3.8) is 0 Å². The molecule has 1 aromatic rings. The zero-order valence-corrected chi connectivity index (χ0v) is 14.5. The lowest BCUT2D eigenvalue weighted by Gasteiger charge is -2.31. The summed E-state index contributed by atoms with van der Waals surface area (Å²) in [6, 6.07) is 1.73. The van der Waals surface area contributed by atoms with Gasteiger partial charge in [-0.3, -0.25) is 9.59 Å². The monoisotopic (exact) mass is 335 g/mol. The summed E-state index contributed by atoms with van der Waals surface area (Å²) in [4.78, 5) is 28.5. The van der Waals surface area contributed by atoms with Crippen LogP contribution in [0.1, 0.15) is 36.6 Å². The predicted octanol–water partition coefficient (Wildman–Crippen LogP) is 1.53. The highest BCUT2D eigenvalue weighted by Crippen LogP contribution is 2.24. The molecule has 2 N–H and O–H groups in total. The normalized spacial score (nSPS) is 21.8. The molecule has 2 amide bonds. The molecule has 2 atom stereocenters. The maximum atomic E-state index is 12.9. The molecule has 0 saturated carbocycles. The molecule has 2 aliphatic heterocycles. The minimum absolute atomic E-state index is 0.00647. The average molecular weight is 335 g/mol. The fourth-order valence-corrected chi connectivity index (χ4v) is 4.26. The van der Waals surface area contributed by atoms with Gasteiger partial charge in [0, 0.05) is 24.5 Å². The zero-order chi connectivity index (χ0) is 16.2. The summed E-state index contributed by atoms with van der Waals surface area (Å²) in [7, 11) is 0. The number of amides is 2. The molecule has 1 fully saturated rings. The first kappa shape index (κ1) is 16.5. The van der Waals surface area contributed by atoms with Crippen molar-refractivity contribution in [1.82, 2.24) is 15.5 Å². The van der Waals surface area contributed by atoms with E-state index >= 15 is 0 Å². The van der Waals surface area contributed by atoms with E-state index in [4.69, 9.17) is 0 Å². The van der Waals surface area contributed by atoms with E-state index in [1.54, 1.807) is 11.3 Å². The van der Waals surface area contributed by atoms with Gasteiger partial charge in [0.2, 0.25) is 11.8 Å². The smallest absolute Gasteiger partial charge is 0.245 e. The van der Waals surface area contributed by atoms with E-state index in [2.05, 4.69) is 29.0 Å². The summed E-state index contributed by atoms with van der Waals surface area (Å²) >= 11 is 1.77. The van der Waals surface area contributed by atoms with Crippen LogP contribution < -0.4 is 10.6 Å². The Balaban J connectivity index is 1.63. The van der Waals surface area contributed by atoms with Gasteiger partial charge in [0.1, 0.15) is 6.04 Å². The van der Waals surface area contributed by atoms with Gasteiger partial charge in [0.05, 0.1) is 5.92 Å². The average Bonchev–Trinajstić information content (AvgIpc) is 3.24. The third-order valence-electron chi connectivity index (χ3n) is 4.74. The maximum absolute atomic E-state index is 12.9. The molecule has 1 aromatic heterocycles. The van der Waals surface area contributed by atoms with Crippen molar-refractivity contribution in [3.05, 3.63) is 21.9 Å². The van der Waals surface area contributed by atoms with Crippen molar-refractivity contribution < 1.29 is 9.59 Å². The van der Waals surface area contributed by atoms with Crippen molar-refractivity contribution in [2.75, 3.05) is 19.6 Å². The number of carbonyl (C=O) groups excluding carboxylic acids is 2. The molecule has 3 rings (SSSR count). The molecule has 0 radical (unpaired) electrons. The molecule has 6 heteroatoms. The van der Waals surface area contributed by atoms with Gasteiger partial charge in [-0.15, -0.1) is 11.3 Å².